The Morgan fingerprint density at radius 1 is 1.14 bits per heavy atom. The first kappa shape index (κ1) is 13.9. The van der Waals surface area contributed by atoms with Crippen molar-refractivity contribution in [2.75, 3.05) is 26.7 Å². The molecule has 0 saturated carbocycles. The Balaban J connectivity index is 3.49. The smallest absolute Gasteiger partial charge is 0.00417 e. The second kappa shape index (κ2) is 7.24. The average molecular weight is 200 g/mol. The zero-order valence-corrected chi connectivity index (χ0v) is 10.5. The molecule has 0 spiro atoms. The minimum Gasteiger partial charge on any atom is -0.330 e. The zero-order valence-electron chi connectivity index (χ0n) is 10.5. The molecule has 0 unspecified atom stereocenters. The quantitative estimate of drug-likeness (QED) is 0.610. The Labute approximate surface area is 89.9 Å². The fourth-order valence-electron chi connectivity index (χ4n) is 1.68. The van der Waals surface area contributed by atoms with Crippen LogP contribution in [-0.2, 0) is 0 Å². The van der Waals surface area contributed by atoms with Crippen LogP contribution < -0.4 is 5.73 Å². The van der Waals surface area contributed by atoms with Crippen LogP contribution in [0.25, 0.3) is 0 Å². The van der Waals surface area contributed by atoms with E-state index in [1.165, 1.54) is 32.2 Å². The van der Waals surface area contributed by atoms with Gasteiger partial charge in [0.1, 0.15) is 0 Å². The van der Waals surface area contributed by atoms with Crippen molar-refractivity contribution in [1.82, 2.24) is 4.90 Å². The normalized spacial score (nSPS) is 12.4. The minimum absolute atomic E-state index is 0.263. The molecule has 0 bridgehead atoms. The lowest BCUT2D eigenvalue weighted by molar-refractivity contribution is 0.212. The topological polar surface area (TPSA) is 29.3 Å². The fourth-order valence-corrected chi connectivity index (χ4v) is 1.68. The maximum atomic E-state index is 5.70. The van der Waals surface area contributed by atoms with Crippen LogP contribution >= 0.6 is 0 Å². The van der Waals surface area contributed by atoms with Crippen LogP contribution in [0.4, 0.5) is 0 Å². The van der Waals surface area contributed by atoms with Gasteiger partial charge in [-0.25, -0.2) is 0 Å². The molecule has 0 fully saturated rings. The standard InChI is InChI=1S/C12H28N2/c1-5-6-7-8-9-14(4)11-12(2,3)10-13/h5-11,13H2,1-4H3. The first-order valence-electron chi connectivity index (χ1n) is 5.90. The molecule has 0 aliphatic heterocycles. The molecule has 0 radical (unpaired) electrons. The van der Waals surface area contributed by atoms with Crippen molar-refractivity contribution in [2.45, 2.75) is 46.5 Å². The third kappa shape index (κ3) is 7.34. The monoisotopic (exact) mass is 200 g/mol. The van der Waals surface area contributed by atoms with E-state index in [1.807, 2.05) is 0 Å². The molecule has 0 aliphatic rings. The Morgan fingerprint density at radius 2 is 1.79 bits per heavy atom. The lowest BCUT2D eigenvalue weighted by Gasteiger charge is -2.28. The molecule has 2 nitrogen and oxygen atoms in total. The van der Waals surface area contributed by atoms with Gasteiger partial charge in [0.05, 0.1) is 0 Å². The second-order valence-electron chi connectivity index (χ2n) is 5.17. The van der Waals surface area contributed by atoms with Crippen LogP contribution in [0.5, 0.6) is 0 Å². The minimum atomic E-state index is 0.263. The Morgan fingerprint density at radius 3 is 2.29 bits per heavy atom. The van der Waals surface area contributed by atoms with Crippen molar-refractivity contribution in [1.29, 1.82) is 0 Å². The van der Waals surface area contributed by atoms with Crippen LogP contribution in [-0.4, -0.2) is 31.6 Å². The number of hydrogen-bond acceptors (Lipinski definition) is 2. The van der Waals surface area contributed by atoms with E-state index in [4.69, 9.17) is 5.73 Å². The summed E-state index contributed by atoms with van der Waals surface area (Å²) in [6.45, 7) is 9.80. The van der Waals surface area contributed by atoms with Gasteiger partial charge in [-0.1, -0.05) is 40.0 Å². The SMILES string of the molecule is CCCCCCN(C)CC(C)(C)CN. The van der Waals surface area contributed by atoms with Gasteiger partial charge in [0.25, 0.3) is 0 Å². The molecule has 0 heterocycles. The Hall–Kier alpha value is -0.0800. The van der Waals surface area contributed by atoms with Crippen molar-refractivity contribution >= 4 is 0 Å². The van der Waals surface area contributed by atoms with Gasteiger partial charge in [-0.05, 0) is 32.0 Å². The highest BCUT2D eigenvalue weighted by molar-refractivity contribution is 4.72. The first-order valence-corrected chi connectivity index (χ1v) is 5.90. The molecule has 0 aliphatic carbocycles. The summed E-state index contributed by atoms with van der Waals surface area (Å²) in [5.74, 6) is 0. The molecular formula is C12H28N2. The van der Waals surface area contributed by atoms with Crippen LogP contribution in [0.2, 0.25) is 0 Å². The molecular weight excluding hydrogens is 172 g/mol. The number of nitrogens with zero attached hydrogens (tertiary/aromatic N) is 1. The van der Waals surface area contributed by atoms with Crippen LogP contribution in [0.1, 0.15) is 46.5 Å². The van der Waals surface area contributed by atoms with E-state index in [1.54, 1.807) is 0 Å². The van der Waals surface area contributed by atoms with Crippen LogP contribution in [0, 0.1) is 5.41 Å². The predicted octanol–water partition coefficient (Wildman–Crippen LogP) is 2.48. The highest BCUT2D eigenvalue weighted by atomic mass is 15.1. The van der Waals surface area contributed by atoms with Gasteiger partial charge in [0, 0.05) is 6.54 Å². The number of rotatable bonds is 8. The zero-order chi connectivity index (χ0) is 11.0. The number of nitrogens with two attached hydrogens (primary N) is 1. The summed E-state index contributed by atoms with van der Waals surface area (Å²) >= 11 is 0. The number of unbranched alkanes of at least 4 members (excludes halogenated alkanes) is 3. The van der Waals surface area contributed by atoms with Gasteiger partial charge in [-0.2, -0.15) is 0 Å². The van der Waals surface area contributed by atoms with Crippen molar-refractivity contribution < 1.29 is 0 Å². The summed E-state index contributed by atoms with van der Waals surface area (Å²) in [7, 11) is 2.20. The van der Waals surface area contributed by atoms with Gasteiger partial charge in [-0.15, -0.1) is 0 Å². The molecule has 0 atom stereocenters. The van der Waals surface area contributed by atoms with Gasteiger partial charge < -0.3 is 10.6 Å². The first-order chi connectivity index (χ1) is 6.52. The second-order valence-corrected chi connectivity index (χ2v) is 5.17. The summed E-state index contributed by atoms with van der Waals surface area (Å²) < 4.78 is 0. The van der Waals surface area contributed by atoms with Crippen molar-refractivity contribution in [3.05, 3.63) is 0 Å². The summed E-state index contributed by atoms with van der Waals surface area (Å²) in [5.41, 5.74) is 5.97. The highest BCUT2D eigenvalue weighted by Gasteiger charge is 2.17. The fraction of sp³-hybridized carbons (Fsp3) is 1.00. The van der Waals surface area contributed by atoms with Crippen molar-refractivity contribution in [3.63, 3.8) is 0 Å². The molecule has 0 saturated heterocycles. The molecule has 0 rings (SSSR count). The van der Waals surface area contributed by atoms with E-state index in [-0.39, 0.29) is 5.41 Å². The van der Waals surface area contributed by atoms with E-state index < -0.39 is 0 Å². The molecule has 86 valence electrons. The van der Waals surface area contributed by atoms with Crippen molar-refractivity contribution in [2.24, 2.45) is 11.1 Å². The van der Waals surface area contributed by atoms with Crippen LogP contribution in [0.15, 0.2) is 0 Å². The molecule has 0 aromatic heterocycles. The maximum Gasteiger partial charge on any atom is 0.00417 e. The molecule has 0 amide bonds. The third-order valence-electron chi connectivity index (χ3n) is 2.64. The summed E-state index contributed by atoms with van der Waals surface area (Å²) in [5, 5.41) is 0. The predicted molar refractivity (Wildman–Crippen MR) is 64.5 cm³/mol. The maximum absolute atomic E-state index is 5.70. The molecule has 0 aromatic carbocycles. The largest absolute Gasteiger partial charge is 0.330 e. The summed E-state index contributed by atoms with van der Waals surface area (Å²) in [6.07, 6.45) is 5.38. The third-order valence-corrected chi connectivity index (χ3v) is 2.64. The van der Waals surface area contributed by atoms with Gasteiger partial charge >= 0.3 is 0 Å². The van der Waals surface area contributed by atoms with Gasteiger partial charge in [0.2, 0.25) is 0 Å². The highest BCUT2D eigenvalue weighted by Crippen LogP contribution is 2.14. The van der Waals surface area contributed by atoms with Crippen molar-refractivity contribution in [3.8, 4) is 0 Å². The van der Waals surface area contributed by atoms with E-state index in [2.05, 4.69) is 32.7 Å². The summed E-state index contributed by atoms with van der Waals surface area (Å²) in [6, 6.07) is 0. The van der Waals surface area contributed by atoms with E-state index in [0.717, 1.165) is 13.1 Å². The molecule has 2 N–H and O–H groups in total. The van der Waals surface area contributed by atoms with Gasteiger partial charge in [-0.3, -0.25) is 0 Å². The van der Waals surface area contributed by atoms with Crippen LogP contribution in [0.3, 0.4) is 0 Å². The molecule has 2 heteroatoms. The van der Waals surface area contributed by atoms with E-state index in [9.17, 15) is 0 Å². The molecule has 0 aromatic rings. The average Bonchev–Trinajstić information content (AvgIpc) is 2.12. The van der Waals surface area contributed by atoms with Gasteiger partial charge in [0.15, 0.2) is 0 Å². The number of hydrogen-bond donors (Lipinski definition) is 1. The lowest BCUT2D eigenvalue weighted by Crippen LogP contribution is -2.37. The van der Waals surface area contributed by atoms with E-state index in [0.29, 0.717) is 0 Å². The van der Waals surface area contributed by atoms with E-state index >= 15 is 0 Å². The Bertz CT molecular complexity index is 132. The molecule has 14 heavy (non-hydrogen) atoms. The lowest BCUT2D eigenvalue weighted by atomic mass is 9.93. The summed E-state index contributed by atoms with van der Waals surface area (Å²) in [4.78, 5) is 2.41. The Kier molecular flexibility index (Phi) is 7.20.